The molecule has 8 heteroatoms. The average Bonchev–Trinajstić information content (AvgIpc) is 3.26. The molecule has 30 heavy (non-hydrogen) atoms. The van der Waals surface area contributed by atoms with Crippen LogP contribution in [0.4, 0.5) is 5.69 Å². The van der Waals surface area contributed by atoms with E-state index in [1.807, 2.05) is 41.8 Å². The SMILES string of the molecule is O=C(C=Cc1cc(CO)cs1)N1CCN(c2cc(=O)[nH]nc2-c2ccccc2)CC1. The number of nitrogens with one attached hydrogen (secondary N) is 1. The lowest BCUT2D eigenvalue weighted by Crippen LogP contribution is -2.48. The van der Waals surface area contributed by atoms with E-state index in [0.29, 0.717) is 26.2 Å². The van der Waals surface area contributed by atoms with E-state index in [9.17, 15) is 9.59 Å². The lowest BCUT2D eigenvalue weighted by atomic mass is 10.1. The number of amides is 1. The summed E-state index contributed by atoms with van der Waals surface area (Å²) in [5, 5.41) is 17.8. The summed E-state index contributed by atoms with van der Waals surface area (Å²) >= 11 is 1.50. The van der Waals surface area contributed by atoms with E-state index in [1.54, 1.807) is 23.1 Å². The topological polar surface area (TPSA) is 89.5 Å². The van der Waals surface area contributed by atoms with Crippen molar-refractivity contribution in [1.82, 2.24) is 15.1 Å². The Kier molecular flexibility index (Phi) is 6.06. The number of aliphatic hydroxyl groups is 1. The predicted octanol–water partition coefficient (Wildman–Crippen LogP) is 2.35. The predicted molar refractivity (Wildman–Crippen MR) is 118 cm³/mol. The fourth-order valence-corrected chi connectivity index (χ4v) is 4.23. The van der Waals surface area contributed by atoms with Gasteiger partial charge in [-0.15, -0.1) is 11.3 Å². The van der Waals surface area contributed by atoms with Gasteiger partial charge in [0, 0.05) is 48.8 Å². The van der Waals surface area contributed by atoms with E-state index in [2.05, 4.69) is 15.1 Å². The van der Waals surface area contributed by atoms with Gasteiger partial charge in [-0.05, 0) is 23.1 Å². The number of nitrogens with zero attached hydrogens (tertiary/aromatic N) is 3. The van der Waals surface area contributed by atoms with Crippen molar-refractivity contribution in [1.29, 1.82) is 0 Å². The summed E-state index contributed by atoms with van der Waals surface area (Å²) in [5.41, 5.74) is 3.05. The monoisotopic (exact) mass is 422 g/mol. The molecule has 154 valence electrons. The zero-order chi connectivity index (χ0) is 20.9. The Morgan fingerprint density at radius 1 is 1.17 bits per heavy atom. The van der Waals surface area contributed by atoms with Crippen molar-refractivity contribution in [3.63, 3.8) is 0 Å². The molecule has 7 nitrogen and oxygen atoms in total. The molecule has 2 N–H and O–H groups in total. The van der Waals surface area contributed by atoms with Gasteiger partial charge >= 0.3 is 0 Å². The van der Waals surface area contributed by atoms with Crippen LogP contribution in [0.15, 0.2) is 58.7 Å². The van der Waals surface area contributed by atoms with Crippen molar-refractivity contribution >= 4 is 29.0 Å². The number of thiophene rings is 1. The van der Waals surface area contributed by atoms with Crippen LogP contribution in [0.3, 0.4) is 0 Å². The number of carbonyl (C=O) groups excluding carboxylic acids is 1. The van der Waals surface area contributed by atoms with E-state index in [1.165, 1.54) is 11.3 Å². The van der Waals surface area contributed by atoms with E-state index in [0.717, 1.165) is 27.4 Å². The van der Waals surface area contributed by atoms with Crippen LogP contribution < -0.4 is 10.5 Å². The average molecular weight is 423 g/mol. The van der Waals surface area contributed by atoms with E-state index >= 15 is 0 Å². The molecule has 0 aliphatic carbocycles. The molecule has 0 spiro atoms. The van der Waals surface area contributed by atoms with Gasteiger partial charge in [0.1, 0.15) is 5.69 Å². The molecule has 3 heterocycles. The van der Waals surface area contributed by atoms with Crippen molar-refractivity contribution in [2.75, 3.05) is 31.1 Å². The zero-order valence-corrected chi connectivity index (χ0v) is 17.1. The first-order valence-corrected chi connectivity index (χ1v) is 10.6. The van der Waals surface area contributed by atoms with E-state index in [4.69, 9.17) is 5.11 Å². The van der Waals surface area contributed by atoms with Crippen LogP contribution in [0.1, 0.15) is 10.4 Å². The Labute approximate surface area is 177 Å². The first kappa shape index (κ1) is 20.1. The van der Waals surface area contributed by atoms with E-state index in [-0.39, 0.29) is 18.1 Å². The second kappa shape index (κ2) is 9.06. The Hall–Kier alpha value is -3.23. The summed E-state index contributed by atoms with van der Waals surface area (Å²) in [7, 11) is 0. The summed E-state index contributed by atoms with van der Waals surface area (Å²) in [4.78, 5) is 29.3. The molecular weight excluding hydrogens is 400 g/mol. The fourth-order valence-electron chi connectivity index (χ4n) is 3.43. The minimum Gasteiger partial charge on any atom is -0.392 e. The number of carbonyl (C=O) groups is 1. The number of aromatic amines is 1. The third-order valence-corrected chi connectivity index (χ3v) is 5.96. The number of hydrogen-bond acceptors (Lipinski definition) is 6. The second-order valence-corrected chi connectivity index (χ2v) is 7.94. The standard InChI is InChI=1S/C22H22N4O3S/c27-14-16-12-18(30-15-16)6-7-21(29)26-10-8-25(9-11-26)19-13-20(28)23-24-22(19)17-4-2-1-3-5-17/h1-7,12-13,15,27H,8-11,14H2,(H,23,28). The maximum atomic E-state index is 12.5. The van der Waals surface area contributed by atoms with Crippen LogP contribution in [0.25, 0.3) is 17.3 Å². The van der Waals surface area contributed by atoms with Crippen molar-refractivity contribution in [3.8, 4) is 11.3 Å². The van der Waals surface area contributed by atoms with Crippen LogP contribution in [-0.4, -0.2) is 52.3 Å². The molecule has 1 amide bonds. The molecule has 0 radical (unpaired) electrons. The number of hydrogen-bond donors (Lipinski definition) is 2. The molecule has 4 rings (SSSR count). The molecule has 1 aliphatic rings. The quantitative estimate of drug-likeness (QED) is 0.616. The largest absolute Gasteiger partial charge is 0.392 e. The smallest absolute Gasteiger partial charge is 0.266 e. The molecule has 1 aromatic carbocycles. The van der Waals surface area contributed by atoms with Gasteiger partial charge in [-0.2, -0.15) is 5.10 Å². The second-order valence-electron chi connectivity index (χ2n) is 6.99. The van der Waals surface area contributed by atoms with Gasteiger partial charge in [0.05, 0.1) is 12.3 Å². The molecule has 1 saturated heterocycles. The highest BCUT2D eigenvalue weighted by Gasteiger charge is 2.23. The highest BCUT2D eigenvalue weighted by Crippen LogP contribution is 2.27. The van der Waals surface area contributed by atoms with Crippen molar-refractivity contribution in [2.45, 2.75) is 6.61 Å². The molecule has 0 saturated carbocycles. The molecule has 0 bridgehead atoms. The van der Waals surface area contributed by atoms with Gasteiger partial charge in [-0.25, -0.2) is 5.10 Å². The van der Waals surface area contributed by atoms with Crippen LogP contribution >= 0.6 is 11.3 Å². The van der Waals surface area contributed by atoms with Crippen LogP contribution in [0.5, 0.6) is 0 Å². The highest BCUT2D eigenvalue weighted by molar-refractivity contribution is 7.11. The number of anilines is 1. The summed E-state index contributed by atoms with van der Waals surface area (Å²) in [6.45, 7) is 2.38. The Bertz CT molecular complexity index is 1100. The number of aromatic nitrogens is 2. The summed E-state index contributed by atoms with van der Waals surface area (Å²) < 4.78 is 0. The summed E-state index contributed by atoms with van der Waals surface area (Å²) in [6, 6.07) is 13.2. The summed E-state index contributed by atoms with van der Waals surface area (Å²) in [5.74, 6) is -0.0408. The van der Waals surface area contributed by atoms with Crippen LogP contribution in [0.2, 0.25) is 0 Å². The normalized spacial score (nSPS) is 14.4. The number of aliphatic hydroxyl groups excluding tert-OH is 1. The number of H-pyrrole nitrogens is 1. The third kappa shape index (κ3) is 4.50. The Morgan fingerprint density at radius 2 is 1.93 bits per heavy atom. The molecule has 1 fully saturated rings. The zero-order valence-electron chi connectivity index (χ0n) is 16.3. The first-order chi connectivity index (χ1) is 14.6. The van der Waals surface area contributed by atoms with Crippen LogP contribution in [0, 0.1) is 0 Å². The van der Waals surface area contributed by atoms with Crippen LogP contribution in [-0.2, 0) is 11.4 Å². The van der Waals surface area contributed by atoms with E-state index < -0.39 is 0 Å². The van der Waals surface area contributed by atoms with Gasteiger partial charge in [0.25, 0.3) is 5.56 Å². The fraction of sp³-hybridized carbons (Fsp3) is 0.227. The van der Waals surface area contributed by atoms with Gasteiger partial charge in [0.2, 0.25) is 5.91 Å². The van der Waals surface area contributed by atoms with Gasteiger partial charge < -0.3 is 14.9 Å². The highest BCUT2D eigenvalue weighted by atomic mass is 32.1. The minimum absolute atomic E-state index is 0.00237. The maximum Gasteiger partial charge on any atom is 0.266 e. The number of benzene rings is 1. The number of piperazine rings is 1. The molecular formula is C22H22N4O3S. The molecule has 0 unspecified atom stereocenters. The van der Waals surface area contributed by atoms with Gasteiger partial charge in [0.15, 0.2) is 0 Å². The van der Waals surface area contributed by atoms with Gasteiger partial charge in [-0.3, -0.25) is 9.59 Å². The first-order valence-electron chi connectivity index (χ1n) is 9.69. The number of rotatable bonds is 5. The molecule has 0 atom stereocenters. The third-order valence-electron chi connectivity index (χ3n) is 5.01. The molecule has 3 aromatic rings. The van der Waals surface area contributed by atoms with Crippen molar-refractivity contribution in [3.05, 3.63) is 74.7 Å². The lowest BCUT2D eigenvalue weighted by molar-refractivity contribution is -0.126. The lowest BCUT2D eigenvalue weighted by Gasteiger charge is -2.36. The minimum atomic E-state index is -0.246. The Morgan fingerprint density at radius 3 is 2.63 bits per heavy atom. The van der Waals surface area contributed by atoms with Crippen molar-refractivity contribution < 1.29 is 9.90 Å². The molecule has 1 aliphatic heterocycles. The summed E-state index contributed by atoms with van der Waals surface area (Å²) in [6.07, 6.45) is 3.36. The molecule has 2 aromatic heterocycles. The maximum absolute atomic E-state index is 12.5. The van der Waals surface area contributed by atoms with Gasteiger partial charge in [-0.1, -0.05) is 30.3 Å². The Balaban J connectivity index is 1.44. The van der Waals surface area contributed by atoms with Crippen molar-refractivity contribution in [2.24, 2.45) is 0 Å².